The summed E-state index contributed by atoms with van der Waals surface area (Å²) in [5.74, 6) is -0.179. The van der Waals surface area contributed by atoms with Gasteiger partial charge in [-0.1, -0.05) is 23.5 Å². The predicted molar refractivity (Wildman–Crippen MR) is 126 cm³/mol. The highest BCUT2D eigenvalue weighted by Crippen LogP contribution is 2.25. The summed E-state index contributed by atoms with van der Waals surface area (Å²) in [6.07, 6.45) is 8.05. The molecular formula is C21H24ClN7OS. The van der Waals surface area contributed by atoms with Crippen LogP contribution in [-0.4, -0.2) is 52.0 Å². The normalized spacial score (nSPS) is 18.3. The lowest BCUT2D eigenvalue weighted by molar-refractivity contribution is 0.0939. The van der Waals surface area contributed by atoms with Gasteiger partial charge in [0.15, 0.2) is 5.65 Å². The van der Waals surface area contributed by atoms with Crippen LogP contribution in [0.2, 0.25) is 5.02 Å². The van der Waals surface area contributed by atoms with Gasteiger partial charge in [-0.3, -0.25) is 14.9 Å². The Hall–Kier alpha value is -2.62. The molecule has 5 N–H and O–H groups in total. The van der Waals surface area contributed by atoms with Gasteiger partial charge < -0.3 is 15.6 Å². The van der Waals surface area contributed by atoms with Crippen LogP contribution in [0.5, 0.6) is 0 Å². The number of benzene rings is 1. The van der Waals surface area contributed by atoms with Crippen molar-refractivity contribution in [3.8, 4) is 0 Å². The highest BCUT2D eigenvalue weighted by atomic mass is 35.5. The summed E-state index contributed by atoms with van der Waals surface area (Å²) in [7, 11) is 1.77. The van der Waals surface area contributed by atoms with Crippen LogP contribution in [0.15, 0.2) is 30.6 Å². The smallest absolute Gasteiger partial charge is 0.255 e. The molecule has 1 saturated carbocycles. The molecule has 1 amide bonds. The van der Waals surface area contributed by atoms with Gasteiger partial charge >= 0.3 is 0 Å². The van der Waals surface area contributed by atoms with Crippen molar-refractivity contribution >= 4 is 52.0 Å². The van der Waals surface area contributed by atoms with E-state index in [-0.39, 0.29) is 17.7 Å². The zero-order valence-electron chi connectivity index (χ0n) is 17.3. The number of halogens is 1. The van der Waals surface area contributed by atoms with Crippen molar-refractivity contribution in [3.05, 3.63) is 52.4 Å². The average Bonchev–Trinajstić information content (AvgIpc) is 3.39. The number of aromatic amines is 1. The van der Waals surface area contributed by atoms with Crippen LogP contribution in [0.3, 0.4) is 0 Å². The molecule has 1 fully saturated rings. The molecule has 0 spiro atoms. The Morgan fingerprint density at radius 2 is 2.10 bits per heavy atom. The summed E-state index contributed by atoms with van der Waals surface area (Å²) in [6, 6.07) is 5.80. The predicted octanol–water partition coefficient (Wildman–Crippen LogP) is 3.59. The Kier molecular flexibility index (Phi) is 6.45. The third-order valence-corrected chi connectivity index (χ3v) is 6.26. The lowest BCUT2D eigenvalue weighted by Crippen LogP contribution is -2.34. The molecule has 10 heteroatoms. The number of carbonyl (C=O) groups is 1. The van der Waals surface area contributed by atoms with Gasteiger partial charge in [0, 0.05) is 41.6 Å². The van der Waals surface area contributed by atoms with E-state index in [4.69, 9.17) is 17.0 Å². The average molecular weight is 458 g/mol. The van der Waals surface area contributed by atoms with Crippen molar-refractivity contribution in [2.75, 3.05) is 18.6 Å². The van der Waals surface area contributed by atoms with Crippen molar-refractivity contribution in [2.45, 2.75) is 31.3 Å². The van der Waals surface area contributed by atoms with Crippen LogP contribution < -0.4 is 15.4 Å². The second-order valence-corrected chi connectivity index (χ2v) is 8.55. The zero-order valence-corrected chi connectivity index (χ0v) is 18.8. The van der Waals surface area contributed by atoms with E-state index < -0.39 is 0 Å². The lowest BCUT2D eigenvalue weighted by Gasteiger charge is -2.13. The summed E-state index contributed by atoms with van der Waals surface area (Å²) >= 11 is 7.68. The number of anilines is 1. The number of nitrogens with one attached hydrogen (secondary N) is 5. The van der Waals surface area contributed by atoms with E-state index in [2.05, 4.69) is 30.3 Å². The van der Waals surface area contributed by atoms with E-state index in [1.807, 2.05) is 6.26 Å². The van der Waals surface area contributed by atoms with E-state index in [1.54, 1.807) is 43.4 Å². The molecular weight excluding hydrogens is 434 g/mol. The van der Waals surface area contributed by atoms with Gasteiger partial charge in [0.1, 0.15) is 11.2 Å². The SMILES string of the molecule is CNc1cc(Cl)ccc1C(=N)c1cnc2[nH]cc(C(=O)NC3CCC(NSC)C3)c2n1. The molecule has 2 unspecified atom stereocenters. The number of nitrogens with zero attached hydrogens (tertiary/aromatic N) is 2. The fraction of sp³-hybridized carbons (Fsp3) is 0.333. The second kappa shape index (κ2) is 9.25. The molecule has 0 saturated heterocycles. The lowest BCUT2D eigenvalue weighted by atomic mass is 10.1. The van der Waals surface area contributed by atoms with Crippen molar-refractivity contribution in [2.24, 2.45) is 0 Å². The monoisotopic (exact) mass is 457 g/mol. The number of rotatable bonds is 7. The molecule has 31 heavy (non-hydrogen) atoms. The third-order valence-electron chi connectivity index (χ3n) is 5.45. The summed E-state index contributed by atoms with van der Waals surface area (Å²) in [4.78, 5) is 24.9. The van der Waals surface area contributed by atoms with Gasteiger partial charge in [-0.05, 0) is 43.7 Å². The number of aromatic nitrogens is 3. The summed E-state index contributed by atoms with van der Waals surface area (Å²) in [6.45, 7) is 0. The Labute approximate surface area is 189 Å². The number of hydrogen-bond donors (Lipinski definition) is 5. The Bertz CT molecular complexity index is 1130. The fourth-order valence-electron chi connectivity index (χ4n) is 3.91. The van der Waals surface area contributed by atoms with Crippen molar-refractivity contribution in [1.29, 1.82) is 5.41 Å². The highest BCUT2D eigenvalue weighted by molar-refractivity contribution is 7.96. The Morgan fingerprint density at radius 1 is 1.29 bits per heavy atom. The Morgan fingerprint density at radius 3 is 2.87 bits per heavy atom. The molecule has 1 aliphatic rings. The summed E-state index contributed by atoms with van der Waals surface area (Å²) in [5, 5.41) is 15.4. The van der Waals surface area contributed by atoms with Gasteiger partial charge in [-0.2, -0.15) is 0 Å². The minimum absolute atomic E-state index is 0.129. The van der Waals surface area contributed by atoms with E-state index >= 15 is 0 Å². The molecule has 4 rings (SSSR count). The van der Waals surface area contributed by atoms with Crippen LogP contribution in [0, 0.1) is 5.41 Å². The first-order valence-electron chi connectivity index (χ1n) is 10.00. The van der Waals surface area contributed by atoms with Gasteiger partial charge in [0.25, 0.3) is 5.91 Å². The maximum absolute atomic E-state index is 12.9. The largest absolute Gasteiger partial charge is 0.388 e. The fourth-order valence-corrected chi connectivity index (χ4v) is 4.63. The van der Waals surface area contributed by atoms with Gasteiger partial charge in [-0.15, -0.1) is 0 Å². The van der Waals surface area contributed by atoms with Gasteiger partial charge in [0.05, 0.1) is 17.5 Å². The maximum Gasteiger partial charge on any atom is 0.255 e. The Balaban J connectivity index is 1.58. The molecule has 2 heterocycles. The van der Waals surface area contributed by atoms with Crippen LogP contribution in [0.4, 0.5) is 5.69 Å². The first-order chi connectivity index (χ1) is 15.0. The van der Waals surface area contributed by atoms with E-state index in [9.17, 15) is 4.79 Å². The molecule has 0 aliphatic heterocycles. The minimum Gasteiger partial charge on any atom is -0.388 e. The number of fused-ring (bicyclic) bond motifs is 1. The minimum atomic E-state index is -0.179. The first-order valence-corrected chi connectivity index (χ1v) is 11.6. The van der Waals surface area contributed by atoms with Gasteiger partial charge in [0.2, 0.25) is 0 Å². The first kappa shape index (κ1) is 21.6. The maximum atomic E-state index is 12.9. The standard InChI is InChI=1S/C21H24ClN7OS/c1-24-16-7-11(22)3-6-14(16)18(23)17-10-26-20-19(28-17)15(9-25-20)21(30)27-12-4-5-13(8-12)29-31-2/h3,6-7,9-10,12-13,23-24,29H,4-5,8H2,1-2H3,(H,25,26)(H,27,30). The van der Waals surface area contributed by atoms with Crippen LogP contribution in [0.1, 0.15) is 40.9 Å². The molecule has 3 aromatic rings. The second-order valence-electron chi connectivity index (χ2n) is 7.47. The summed E-state index contributed by atoms with van der Waals surface area (Å²) < 4.78 is 3.36. The quantitative estimate of drug-likeness (QED) is 0.273. The van der Waals surface area contributed by atoms with Crippen LogP contribution in [-0.2, 0) is 0 Å². The summed E-state index contributed by atoms with van der Waals surface area (Å²) in [5.41, 5.74) is 3.36. The van der Waals surface area contributed by atoms with Crippen molar-refractivity contribution in [3.63, 3.8) is 0 Å². The molecule has 2 atom stereocenters. The molecule has 162 valence electrons. The van der Waals surface area contributed by atoms with Crippen LogP contribution >= 0.6 is 23.5 Å². The number of hydrogen-bond acceptors (Lipinski definition) is 7. The van der Waals surface area contributed by atoms with E-state index in [1.165, 1.54) is 6.20 Å². The van der Waals surface area contributed by atoms with E-state index in [0.717, 1.165) is 24.9 Å². The number of carbonyl (C=O) groups excluding carboxylic acids is 1. The molecule has 1 aromatic carbocycles. The molecule has 0 radical (unpaired) electrons. The number of amides is 1. The number of H-pyrrole nitrogens is 1. The molecule has 8 nitrogen and oxygen atoms in total. The third kappa shape index (κ3) is 4.53. The zero-order chi connectivity index (χ0) is 22.0. The van der Waals surface area contributed by atoms with Crippen LogP contribution in [0.25, 0.3) is 11.2 Å². The van der Waals surface area contributed by atoms with Crippen molar-refractivity contribution < 1.29 is 4.79 Å². The highest BCUT2D eigenvalue weighted by Gasteiger charge is 2.27. The molecule has 1 aliphatic carbocycles. The van der Waals surface area contributed by atoms with Gasteiger partial charge in [-0.25, -0.2) is 9.97 Å². The topological polar surface area (TPSA) is 119 Å². The van der Waals surface area contributed by atoms with Crippen molar-refractivity contribution in [1.82, 2.24) is 25.0 Å². The molecule has 0 bridgehead atoms. The van der Waals surface area contributed by atoms with E-state index in [0.29, 0.717) is 39.0 Å². The molecule has 2 aromatic heterocycles.